The first kappa shape index (κ1) is 14.5. The van der Waals surface area contributed by atoms with Crippen LogP contribution in [0.1, 0.15) is 32.3 Å². The normalized spacial score (nSPS) is 13.7. The van der Waals surface area contributed by atoms with Crippen LogP contribution in [0.3, 0.4) is 0 Å². The standard InChI is InChI=1S/C15H23N3/c1-4-13-6-8-14(9-7-13)18(3)11-5-10-15(2,17)12-16/h6-9H,4-5,10-11,17H2,1-3H3. The van der Waals surface area contributed by atoms with Gasteiger partial charge >= 0.3 is 0 Å². The van der Waals surface area contributed by atoms with Gasteiger partial charge in [0, 0.05) is 19.3 Å². The molecule has 2 N–H and O–H groups in total. The molecule has 0 heterocycles. The summed E-state index contributed by atoms with van der Waals surface area (Å²) in [5, 5.41) is 8.85. The molecule has 3 nitrogen and oxygen atoms in total. The van der Waals surface area contributed by atoms with Crippen LogP contribution >= 0.6 is 0 Å². The van der Waals surface area contributed by atoms with E-state index in [0.717, 1.165) is 25.8 Å². The van der Waals surface area contributed by atoms with E-state index in [9.17, 15) is 0 Å². The molecule has 0 aliphatic rings. The van der Waals surface area contributed by atoms with Crippen LogP contribution in [0.5, 0.6) is 0 Å². The van der Waals surface area contributed by atoms with E-state index < -0.39 is 5.54 Å². The van der Waals surface area contributed by atoms with Crippen molar-refractivity contribution in [2.75, 3.05) is 18.5 Å². The molecule has 1 aromatic rings. The fraction of sp³-hybridized carbons (Fsp3) is 0.533. The van der Waals surface area contributed by atoms with E-state index in [0.29, 0.717) is 0 Å². The third-order valence-electron chi connectivity index (χ3n) is 3.23. The third-order valence-corrected chi connectivity index (χ3v) is 3.23. The minimum atomic E-state index is -0.701. The van der Waals surface area contributed by atoms with Gasteiger partial charge in [0.2, 0.25) is 0 Å². The average Bonchev–Trinajstić information content (AvgIpc) is 2.38. The Balaban J connectivity index is 2.45. The second-order valence-electron chi connectivity index (χ2n) is 5.07. The maximum absolute atomic E-state index is 8.85. The fourth-order valence-corrected chi connectivity index (χ4v) is 1.85. The van der Waals surface area contributed by atoms with Crippen LogP contribution in [-0.4, -0.2) is 19.1 Å². The Labute approximate surface area is 110 Å². The zero-order chi connectivity index (χ0) is 13.6. The maximum atomic E-state index is 8.85. The lowest BCUT2D eigenvalue weighted by Gasteiger charge is -2.22. The predicted octanol–water partition coefficient (Wildman–Crippen LogP) is 2.71. The molecule has 0 aliphatic carbocycles. The van der Waals surface area contributed by atoms with E-state index in [1.807, 2.05) is 0 Å². The zero-order valence-corrected chi connectivity index (χ0v) is 11.6. The highest BCUT2D eigenvalue weighted by atomic mass is 15.1. The monoisotopic (exact) mass is 245 g/mol. The van der Waals surface area contributed by atoms with Gasteiger partial charge < -0.3 is 10.6 Å². The average molecular weight is 245 g/mol. The molecule has 0 spiro atoms. The fourth-order valence-electron chi connectivity index (χ4n) is 1.85. The molecule has 0 bridgehead atoms. The number of hydrogen-bond donors (Lipinski definition) is 1. The topological polar surface area (TPSA) is 53.0 Å². The highest BCUT2D eigenvalue weighted by molar-refractivity contribution is 5.46. The lowest BCUT2D eigenvalue weighted by Crippen LogP contribution is -2.35. The molecule has 1 rings (SSSR count). The predicted molar refractivity (Wildman–Crippen MR) is 76.5 cm³/mol. The minimum Gasteiger partial charge on any atom is -0.375 e. The van der Waals surface area contributed by atoms with Gasteiger partial charge in [-0.05, 0) is 43.9 Å². The Kier molecular flexibility index (Phi) is 5.18. The van der Waals surface area contributed by atoms with E-state index >= 15 is 0 Å². The molecule has 98 valence electrons. The van der Waals surface area contributed by atoms with E-state index in [2.05, 4.69) is 49.2 Å². The lowest BCUT2D eigenvalue weighted by molar-refractivity contribution is 0.522. The Morgan fingerprint density at radius 1 is 1.33 bits per heavy atom. The van der Waals surface area contributed by atoms with Crippen molar-refractivity contribution < 1.29 is 0 Å². The maximum Gasteiger partial charge on any atom is 0.101 e. The van der Waals surface area contributed by atoms with Gasteiger partial charge in [0.05, 0.1) is 6.07 Å². The van der Waals surface area contributed by atoms with Crippen molar-refractivity contribution in [1.82, 2.24) is 0 Å². The van der Waals surface area contributed by atoms with Gasteiger partial charge in [0.1, 0.15) is 5.54 Å². The molecule has 1 unspecified atom stereocenters. The number of nitrogens with two attached hydrogens (primary N) is 1. The number of nitrogens with zero attached hydrogens (tertiary/aromatic N) is 2. The zero-order valence-electron chi connectivity index (χ0n) is 11.6. The number of rotatable bonds is 6. The molecule has 0 aromatic heterocycles. The molecule has 0 radical (unpaired) electrons. The van der Waals surface area contributed by atoms with Gasteiger partial charge in [0.25, 0.3) is 0 Å². The van der Waals surface area contributed by atoms with E-state index in [-0.39, 0.29) is 0 Å². The van der Waals surface area contributed by atoms with Crippen molar-refractivity contribution in [3.05, 3.63) is 29.8 Å². The van der Waals surface area contributed by atoms with Gasteiger partial charge in [-0.15, -0.1) is 0 Å². The summed E-state index contributed by atoms with van der Waals surface area (Å²) in [7, 11) is 2.07. The van der Waals surface area contributed by atoms with Crippen LogP contribution in [0.15, 0.2) is 24.3 Å². The largest absolute Gasteiger partial charge is 0.375 e. The molecule has 0 saturated carbocycles. The highest BCUT2D eigenvalue weighted by Gasteiger charge is 2.16. The summed E-state index contributed by atoms with van der Waals surface area (Å²) in [5.74, 6) is 0. The molecule has 0 saturated heterocycles. The number of anilines is 1. The summed E-state index contributed by atoms with van der Waals surface area (Å²) in [4.78, 5) is 2.20. The smallest absolute Gasteiger partial charge is 0.101 e. The number of hydrogen-bond acceptors (Lipinski definition) is 3. The van der Waals surface area contributed by atoms with Gasteiger partial charge in [-0.3, -0.25) is 0 Å². The summed E-state index contributed by atoms with van der Waals surface area (Å²) < 4.78 is 0. The summed E-state index contributed by atoms with van der Waals surface area (Å²) >= 11 is 0. The van der Waals surface area contributed by atoms with Crippen LogP contribution in [-0.2, 0) is 6.42 Å². The second kappa shape index (κ2) is 6.42. The van der Waals surface area contributed by atoms with Crippen LogP contribution < -0.4 is 10.6 Å². The van der Waals surface area contributed by atoms with Crippen LogP contribution in [0.25, 0.3) is 0 Å². The SMILES string of the molecule is CCc1ccc(N(C)CCCC(C)(N)C#N)cc1. The minimum absolute atomic E-state index is 0.701. The highest BCUT2D eigenvalue weighted by Crippen LogP contribution is 2.16. The first-order valence-electron chi connectivity index (χ1n) is 6.48. The molecule has 1 atom stereocenters. The van der Waals surface area contributed by atoms with Crippen molar-refractivity contribution in [3.8, 4) is 6.07 Å². The number of benzene rings is 1. The molecule has 18 heavy (non-hydrogen) atoms. The molecule has 0 amide bonds. The molecule has 0 aliphatic heterocycles. The van der Waals surface area contributed by atoms with E-state index in [4.69, 9.17) is 11.0 Å². The summed E-state index contributed by atoms with van der Waals surface area (Å²) in [6.45, 7) is 4.85. The molecule has 1 aromatic carbocycles. The summed E-state index contributed by atoms with van der Waals surface area (Å²) in [6.07, 6.45) is 2.71. The quantitative estimate of drug-likeness (QED) is 0.838. The molecule has 3 heteroatoms. The lowest BCUT2D eigenvalue weighted by atomic mass is 9.99. The Morgan fingerprint density at radius 2 is 1.94 bits per heavy atom. The van der Waals surface area contributed by atoms with Crippen LogP contribution in [0.4, 0.5) is 5.69 Å². The first-order chi connectivity index (χ1) is 8.48. The van der Waals surface area contributed by atoms with Gasteiger partial charge in [-0.1, -0.05) is 19.1 Å². The van der Waals surface area contributed by atoms with Crippen molar-refractivity contribution >= 4 is 5.69 Å². The Morgan fingerprint density at radius 3 is 2.44 bits per heavy atom. The summed E-state index contributed by atoms with van der Waals surface area (Å²) in [5.41, 5.74) is 7.66. The number of aryl methyl sites for hydroxylation is 1. The first-order valence-corrected chi connectivity index (χ1v) is 6.48. The number of nitriles is 1. The van der Waals surface area contributed by atoms with Crippen LogP contribution in [0, 0.1) is 11.3 Å². The van der Waals surface area contributed by atoms with Crippen molar-refractivity contribution in [1.29, 1.82) is 5.26 Å². The second-order valence-corrected chi connectivity index (χ2v) is 5.07. The Hall–Kier alpha value is -1.53. The van der Waals surface area contributed by atoms with Crippen molar-refractivity contribution in [3.63, 3.8) is 0 Å². The van der Waals surface area contributed by atoms with E-state index in [1.54, 1.807) is 6.92 Å². The van der Waals surface area contributed by atoms with Gasteiger partial charge in [-0.25, -0.2) is 0 Å². The Bertz CT molecular complexity index is 401. The summed E-state index contributed by atoms with van der Waals surface area (Å²) in [6, 6.07) is 10.7. The van der Waals surface area contributed by atoms with E-state index in [1.165, 1.54) is 11.3 Å². The van der Waals surface area contributed by atoms with Crippen LogP contribution in [0.2, 0.25) is 0 Å². The molecular weight excluding hydrogens is 222 g/mol. The van der Waals surface area contributed by atoms with Gasteiger partial charge in [-0.2, -0.15) is 5.26 Å². The molecular formula is C15H23N3. The third kappa shape index (κ3) is 4.38. The van der Waals surface area contributed by atoms with Crippen molar-refractivity contribution in [2.45, 2.75) is 38.6 Å². The molecule has 0 fully saturated rings. The van der Waals surface area contributed by atoms with Crippen molar-refractivity contribution in [2.24, 2.45) is 5.73 Å². The van der Waals surface area contributed by atoms with Gasteiger partial charge in [0.15, 0.2) is 0 Å².